The van der Waals surface area contributed by atoms with Crippen molar-refractivity contribution in [1.82, 2.24) is 9.55 Å². The Kier molecular flexibility index (Phi) is 4.79. The monoisotopic (exact) mass is 400 g/mol. The van der Waals surface area contributed by atoms with Crippen LogP contribution in [-0.4, -0.2) is 30.8 Å². The molecule has 7 heteroatoms. The minimum absolute atomic E-state index is 0.128. The first-order valence-electron chi connectivity index (χ1n) is 9.48. The molecule has 0 atom stereocenters. The number of pyridine rings is 1. The third kappa shape index (κ3) is 3.46. The van der Waals surface area contributed by atoms with Crippen LogP contribution in [0, 0.1) is 5.92 Å². The maximum absolute atomic E-state index is 12.4. The zero-order valence-corrected chi connectivity index (χ0v) is 16.9. The van der Waals surface area contributed by atoms with Crippen LogP contribution in [-0.2, 0) is 16.9 Å². The molecule has 1 aliphatic carbocycles. The van der Waals surface area contributed by atoms with E-state index in [0.717, 1.165) is 10.9 Å². The van der Waals surface area contributed by atoms with Gasteiger partial charge in [0.05, 0.1) is 11.5 Å². The molecule has 2 aromatic heterocycles. The number of aryl methyl sites for hydroxylation is 1. The molecule has 1 saturated carbocycles. The zero-order chi connectivity index (χ0) is 19.9. The first-order chi connectivity index (χ1) is 13.3. The van der Waals surface area contributed by atoms with Gasteiger partial charge in [0, 0.05) is 42.2 Å². The average Bonchev–Trinajstić information content (AvgIpc) is 3.34. The number of aromatic nitrogens is 2. The van der Waals surface area contributed by atoms with Crippen LogP contribution in [0.5, 0.6) is 5.75 Å². The third-order valence-corrected chi connectivity index (χ3v) is 6.62. The van der Waals surface area contributed by atoms with Crippen molar-refractivity contribution >= 4 is 20.7 Å². The molecule has 0 saturated heterocycles. The molecule has 2 heterocycles. The summed E-state index contributed by atoms with van der Waals surface area (Å²) in [6, 6.07) is 6.79. The highest BCUT2D eigenvalue weighted by Gasteiger charge is 2.20. The van der Waals surface area contributed by atoms with Crippen LogP contribution >= 0.6 is 0 Å². The number of nitrogens with one attached hydrogen (secondary N) is 1. The van der Waals surface area contributed by atoms with Gasteiger partial charge >= 0.3 is 0 Å². The van der Waals surface area contributed by atoms with Crippen molar-refractivity contribution in [3.05, 3.63) is 47.0 Å². The second-order valence-electron chi connectivity index (χ2n) is 7.62. The molecule has 4 rings (SSSR count). The minimum atomic E-state index is -3.37. The third-order valence-electron chi connectivity index (χ3n) is 5.51. The quantitative estimate of drug-likeness (QED) is 0.711. The SMILES string of the molecule is Cn1cc(-c2cc(S(C)(=O)=O)ccc2OCC2CCCC2)c2cc[nH]c2c1=O. The normalized spacial score (nSPS) is 15.4. The Morgan fingerprint density at radius 2 is 1.93 bits per heavy atom. The van der Waals surface area contributed by atoms with E-state index >= 15 is 0 Å². The lowest BCUT2D eigenvalue weighted by Gasteiger charge is -2.17. The predicted octanol–water partition coefficient (Wildman–Crippen LogP) is 3.51. The number of benzene rings is 1. The summed E-state index contributed by atoms with van der Waals surface area (Å²) in [6.45, 7) is 0.618. The fourth-order valence-electron chi connectivity index (χ4n) is 3.94. The number of sulfone groups is 1. The van der Waals surface area contributed by atoms with E-state index in [1.165, 1.54) is 36.5 Å². The summed E-state index contributed by atoms with van der Waals surface area (Å²) in [6.07, 6.45) is 9.45. The number of H-pyrrole nitrogens is 1. The van der Waals surface area contributed by atoms with Crippen molar-refractivity contribution in [2.45, 2.75) is 30.6 Å². The number of ether oxygens (including phenoxy) is 1. The Bertz CT molecular complexity index is 1180. The lowest BCUT2D eigenvalue weighted by atomic mass is 10.0. The molecule has 1 aromatic carbocycles. The molecular formula is C21H24N2O4S. The van der Waals surface area contributed by atoms with Crippen LogP contribution in [0.15, 0.2) is 46.3 Å². The summed E-state index contributed by atoms with van der Waals surface area (Å²) < 4.78 is 31.9. The summed E-state index contributed by atoms with van der Waals surface area (Å²) in [5, 5.41) is 0.750. The number of hydrogen-bond donors (Lipinski definition) is 1. The highest BCUT2D eigenvalue weighted by atomic mass is 32.2. The smallest absolute Gasteiger partial charge is 0.274 e. The summed E-state index contributed by atoms with van der Waals surface area (Å²) in [4.78, 5) is 15.6. The van der Waals surface area contributed by atoms with Gasteiger partial charge in [0.2, 0.25) is 0 Å². The van der Waals surface area contributed by atoms with E-state index in [1.807, 2.05) is 6.07 Å². The number of nitrogens with zero attached hydrogens (tertiary/aromatic N) is 1. The fraction of sp³-hybridized carbons (Fsp3) is 0.381. The van der Waals surface area contributed by atoms with Crippen LogP contribution in [0.3, 0.4) is 0 Å². The van der Waals surface area contributed by atoms with E-state index in [0.29, 0.717) is 29.4 Å². The molecule has 1 aliphatic rings. The highest BCUT2D eigenvalue weighted by molar-refractivity contribution is 7.90. The van der Waals surface area contributed by atoms with Gasteiger partial charge in [-0.15, -0.1) is 0 Å². The Hall–Kier alpha value is -2.54. The molecule has 0 radical (unpaired) electrons. The van der Waals surface area contributed by atoms with Gasteiger partial charge in [0.1, 0.15) is 11.3 Å². The number of aromatic amines is 1. The van der Waals surface area contributed by atoms with Crippen molar-refractivity contribution in [3.8, 4) is 16.9 Å². The molecule has 1 N–H and O–H groups in total. The number of hydrogen-bond acceptors (Lipinski definition) is 4. The standard InChI is InChI=1S/C21H24N2O4S/c1-23-12-18(16-9-10-22-20(16)21(23)24)17-11-15(28(2,25)26)7-8-19(17)27-13-14-5-3-4-6-14/h7-12,14,22H,3-6,13H2,1-2H3. The average molecular weight is 401 g/mol. The first-order valence-corrected chi connectivity index (χ1v) is 11.4. The molecular weight excluding hydrogens is 376 g/mol. The lowest BCUT2D eigenvalue weighted by molar-refractivity contribution is 0.253. The number of rotatable bonds is 5. The summed E-state index contributed by atoms with van der Waals surface area (Å²) in [7, 11) is -1.68. The van der Waals surface area contributed by atoms with Gasteiger partial charge in [0.15, 0.2) is 9.84 Å². The Morgan fingerprint density at radius 1 is 1.18 bits per heavy atom. The maximum Gasteiger partial charge on any atom is 0.274 e. The zero-order valence-electron chi connectivity index (χ0n) is 16.1. The van der Waals surface area contributed by atoms with Crippen LogP contribution in [0.1, 0.15) is 25.7 Å². The Balaban J connectivity index is 1.87. The van der Waals surface area contributed by atoms with E-state index < -0.39 is 9.84 Å². The van der Waals surface area contributed by atoms with Gasteiger partial charge < -0.3 is 14.3 Å². The van der Waals surface area contributed by atoms with Gasteiger partial charge in [-0.05, 0) is 43.0 Å². The van der Waals surface area contributed by atoms with E-state index in [1.54, 1.807) is 37.6 Å². The van der Waals surface area contributed by atoms with E-state index in [4.69, 9.17) is 4.74 Å². The van der Waals surface area contributed by atoms with Gasteiger partial charge in [-0.3, -0.25) is 4.79 Å². The minimum Gasteiger partial charge on any atom is -0.493 e. The summed E-state index contributed by atoms with van der Waals surface area (Å²) in [5.74, 6) is 1.18. The van der Waals surface area contributed by atoms with Crippen molar-refractivity contribution in [3.63, 3.8) is 0 Å². The topological polar surface area (TPSA) is 81.2 Å². The van der Waals surface area contributed by atoms with E-state index in [2.05, 4.69) is 4.98 Å². The van der Waals surface area contributed by atoms with Crippen molar-refractivity contribution in [1.29, 1.82) is 0 Å². The van der Waals surface area contributed by atoms with Gasteiger partial charge in [-0.25, -0.2) is 8.42 Å². The molecule has 0 spiro atoms. The van der Waals surface area contributed by atoms with E-state index in [-0.39, 0.29) is 10.5 Å². The highest BCUT2D eigenvalue weighted by Crippen LogP contribution is 2.36. The molecule has 148 valence electrons. The Morgan fingerprint density at radius 3 is 2.64 bits per heavy atom. The molecule has 3 aromatic rings. The van der Waals surface area contributed by atoms with E-state index in [9.17, 15) is 13.2 Å². The first kappa shape index (κ1) is 18.8. The number of fused-ring (bicyclic) bond motifs is 1. The molecule has 0 unspecified atom stereocenters. The second kappa shape index (κ2) is 7.13. The van der Waals surface area contributed by atoms with Gasteiger partial charge in [-0.2, -0.15) is 0 Å². The largest absolute Gasteiger partial charge is 0.493 e. The van der Waals surface area contributed by atoms with Crippen LogP contribution in [0.4, 0.5) is 0 Å². The summed E-state index contributed by atoms with van der Waals surface area (Å²) >= 11 is 0. The van der Waals surface area contributed by atoms with Gasteiger partial charge in [0.25, 0.3) is 5.56 Å². The molecule has 0 aliphatic heterocycles. The fourth-order valence-corrected chi connectivity index (χ4v) is 4.59. The molecule has 1 fully saturated rings. The molecule has 6 nitrogen and oxygen atoms in total. The van der Waals surface area contributed by atoms with Crippen LogP contribution < -0.4 is 10.3 Å². The van der Waals surface area contributed by atoms with Crippen LogP contribution in [0.2, 0.25) is 0 Å². The molecule has 0 bridgehead atoms. The second-order valence-corrected chi connectivity index (χ2v) is 9.63. The lowest BCUT2D eigenvalue weighted by Crippen LogP contribution is -2.16. The van der Waals surface area contributed by atoms with Crippen molar-refractivity contribution in [2.75, 3.05) is 12.9 Å². The maximum atomic E-state index is 12.4. The van der Waals surface area contributed by atoms with Crippen LogP contribution in [0.25, 0.3) is 22.0 Å². The van der Waals surface area contributed by atoms with Gasteiger partial charge in [-0.1, -0.05) is 12.8 Å². The molecule has 28 heavy (non-hydrogen) atoms. The summed E-state index contributed by atoms with van der Waals surface area (Å²) in [5.41, 5.74) is 1.81. The predicted molar refractivity (Wildman–Crippen MR) is 110 cm³/mol. The van der Waals surface area contributed by atoms with Crippen molar-refractivity contribution < 1.29 is 13.2 Å². The van der Waals surface area contributed by atoms with Crippen molar-refractivity contribution in [2.24, 2.45) is 13.0 Å². The Labute approximate surface area is 164 Å². The molecule has 0 amide bonds.